The maximum absolute atomic E-state index is 9.39. The Kier molecular flexibility index (Phi) is 2.49. The maximum atomic E-state index is 9.39. The number of aromatic nitrogens is 2. The first kappa shape index (κ1) is 9.83. The summed E-state index contributed by atoms with van der Waals surface area (Å²) in [5.41, 5.74) is 1.57. The maximum Gasteiger partial charge on any atom is 0.159 e. The van der Waals surface area contributed by atoms with Crippen LogP contribution in [0.3, 0.4) is 0 Å². The van der Waals surface area contributed by atoms with E-state index in [4.69, 9.17) is 0 Å². The zero-order valence-electron chi connectivity index (χ0n) is 8.64. The lowest BCUT2D eigenvalue weighted by molar-refractivity contribution is 0.404. The lowest BCUT2D eigenvalue weighted by Gasteiger charge is -2.03. The van der Waals surface area contributed by atoms with Gasteiger partial charge in [-0.1, -0.05) is 13.3 Å². The third kappa shape index (κ3) is 1.75. The zero-order chi connectivity index (χ0) is 10.8. The average Bonchev–Trinajstić information content (AvgIpc) is 2.59. The number of rotatable bonds is 3. The molecule has 4 nitrogen and oxygen atoms in total. The number of phenols is 2. The van der Waals surface area contributed by atoms with E-state index in [1.165, 1.54) is 6.07 Å². The molecule has 0 atom stereocenters. The number of fused-ring (bicyclic) bond motifs is 1. The topological polar surface area (TPSA) is 58.3 Å². The summed E-state index contributed by atoms with van der Waals surface area (Å²) in [6.07, 6.45) is 3.93. The molecular weight excluding hydrogens is 192 g/mol. The van der Waals surface area contributed by atoms with Gasteiger partial charge in [0.05, 0.1) is 17.4 Å². The Morgan fingerprint density at radius 3 is 2.73 bits per heavy atom. The number of phenolic OH excluding ortho intramolecular Hbond substituents is 2. The van der Waals surface area contributed by atoms with Crippen LogP contribution in [0.15, 0.2) is 18.5 Å². The number of unbranched alkanes of at least 4 members (excludes halogenated alkanes) is 1. The molecule has 4 heteroatoms. The molecule has 0 unspecified atom stereocenters. The first-order chi connectivity index (χ1) is 7.22. The van der Waals surface area contributed by atoms with Crippen LogP contribution in [0.25, 0.3) is 11.0 Å². The minimum Gasteiger partial charge on any atom is -0.504 e. The average molecular weight is 206 g/mol. The molecule has 0 aliphatic heterocycles. The molecule has 0 bridgehead atoms. The highest BCUT2D eigenvalue weighted by molar-refractivity contribution is 5.79. The number of benzene rings is 1. The van der Waals surface area contributed by atoms with Gasteiger partial charge in [0.2, 0.25) is 0 Å². The molecular formula is C11H14N2O2. The quantitative estimate of drug-likeness (QED) is 0.757. The summed E-state index contributed by atoms with van der Waals surface area (Å²) in [4.78, 5) is 4.17. The highest BCUT2D eigenvalue weighted by Crippen LogP contribution is 2.29. The van der Waals surface area contributed by atoms with Gasteiger partial charge in [-0.05, 0) is 6.42 Å². The van der Waals surface area contributed by atoms with Crippen LogP contribution in [0, 0.1) is 0 Å². The summed E-state index contributed by atoms with van der Waals surface area (Å²) in [5, 5.41) is 18.7. The van der Waals surface area contributed by atoms with Gasteiger partial charge in [0.15, 0.2) is 11.5 Å². The molecule has 0 amide bonds. The Labute approximate surface area is 87.8 Å². The van der Waals surface area contributed by atoms with Crippen molar-refractivity contribution in [1.82, 2.24) is 9.55 Å². The van der Waals surface area contributed by atoms with E-state index in [0.717, 1.165) is 24.9 Å². The van der Waals surface area contributed by atoms with Crippen LogP contribution in [-0.2, 0) is 6.54 Å². The highest BCUT2D eigenvalue weighted by atomic mass is 16.3. The zero-order valence-corrected chi connectivity index (χ0v) is 8.64. The normalized spacial score (nSPS) is 11.0. The SMILES string of the molecule is CCCCn1cnc2cc(O)c(O)cc21. The Morgan fingerprint density at radius 1 is 1.27 bits per heavy atom. The molecule has 2 aromatic rings. The smallest absolute Gasteiger partial charge is 0.159 e. The highest BCUT2D eigenvalue weighted by Gasteiger charge is 2.07. The number of nitrogens with zero attached hydrogens (tertiary/aromatic N) is 2. The van der Waals surface area contributed by atoms with Crippen molar-refractivity contribution >= 4 is 11.0 Å². The van der Waals surface area contributed by atoms with Crippen molar-refractivity contribution in [2.24, 2.45) is 0 Å². The molecule has 0 saturated heterocycles. The molecule has 1 aromatic heterocycles. The summed E-state index contributed by atoms with van der Waals surface area (Å²) in [6, 6.07) is 3.03. The van der Waals surface area contributed by atoms with Gasteiger partial charge in [-0.15, -0.1) is 0 Å². The van der Waals surface area contributed by atoms with E-state index in [1.54, 1.807) is 12.4 Å². The molecule has 0 fully saturated rings. The number of aryl methyl sites for hydroxylation is 1. The molecule has 1 aromatic carbocycles. The minimum atomic E-state index is -0.122. The van der Waals surface area contributed by atoms with Crippen molar-refractivity contribution in [1.29, 1.82) is 0 Å². The Bertz CT molecular complexity index is 477. The van der Waals surface area contributed by atoms with Gasteiger partial charge in [-0.2, -0.15) is 0 Å². The fourth-order valence-corrected chi connectivity index (χ4v) is 1.59. The van der Waals surface area contributed by atoms with Crippen molar-refractivity contribution in [3.63, 3.8) is 0 Å². The summed E-state index contributed by atoms with van der Waals surface area (Å²) in [7, 11) is 0. The van der Waals surface area contributed by atoms with Gasteiger partial charge >= 0.3 is 0 Å². The van der Waals surface area contributed by atoms with Crippen molar-refractivity contribution in [2.45, 2.75) is 26.3 Å². The lowest BCUT2D eigenvalue weighted by Crippen LogP contribution is -1.94. The third-order valence-electron chi connectivity index (χ3n) is 2.47. The van der Waals surface area contributed by atoms with Crippen LogP contribution in [0.4, 0.5) is 0 Å². The van der Waals surface area contributed by atoms with E-state index in [1.807, 2.05) is 4.57 Å². The monoisotopic (exact) mass is 206 g/mol. The number of aromatic hydroxyl groups is 2. The summed E-state index contributed by atoms with van der Waals surface area (Å²) in [5.74, 6) is -0.219. The third-order valence-corrected chi connectivity index (χ3v) is 2.47. The Hall–Kier alpha value is -1.71. The van der Waals surface area contributed by atoms with Gasteiger partial charge in [-0.25, -0.2) is 4.98 Å². The fraction of sp³-hybridized carbons (Fsp3) is 0.364. The second-order valence-electron chi connectivity index (χ2n) is 3.62. The van der Waals surface area contributed by atoms with Crippen molar-refractivity contribution in [2.75, 3.05) is 0 Å². The second-order valence-corrected chi connectivity index (χ2v) is 3.62. The van der Waals surface area contributed by atoms with Gasteiger partial charge in [-0.3, -0.25) is 0 Å². The van der Waals surface area contributed by atoms with E-state index in [2.05, 4.69) is 11.9 Å². The molecule has 0 spiro atoms. The first-order valence-corrected chi connectivity index (χ1v) is 5.09. The van der Waals surface area contributed by atoms with Crippen LogP contribution in [-0.4, -0.2) is 19.8 Å². The van der Waals surface area contributed by atoms with Gasteiger partial charge < -0.3 is 14.8 Å². The number of hydrogen-bond acceptors (Lipinski definition) is 3. The molecule has 80 valence electrons. The predicted octanol–water partition coefficient (Wildman–Crippen LogP) is 2.25. The molecule has 1 heterocycles. The molecule has 0 saturated carbocycles. The molecule has 0 aliphatic carbocycles. The van der Waals surface area contributed by atoms with Crippen molar-refractivity contribution in [3.05, 3.63) is 18.5 Å². The van der Waals surface area contributed by atoms with E-state index < -0.39 is 0 Å². The fourth-order valence-electron chi connectivity index (χ4n) is 1.59. The first-order valence-electron chi connectivity index (χ1n) is 5.09. The van der Waals surface area contributed by atoms with E-state index in [-0.39, 0.29) is 11.5 Å². The number of hydrogen-bond donors (Lipinski definition) is 2. The standard InChI is InChI=1S/C11H14N2O2/c1-2-3-4-13-7-12-8-5-10(14)11(15)6-9(8)13/h5-7,14-15H,2-4H2,1H3. The Morgan fingerprint density at radius 2 is 2.00 bits per heavy atom. The van der Waals surface area contributed by atoms with Crippen LogP contribution in [0.1, 0.15) is 19.8 Å². The molecule has 2 rings (SSSR count). The summed E-state index contributed by atoms with van der Waals surface area (Å²) < 4.78 is 1.98. The van der Waals surface area contributed by atoms with E-state index in [0.29, 0.717) is 5.52 Å². The predicted molar refractivity (Wildman–Crippen MR) is 58.0 cm³/mol. The van der Waals surface area contributed by atoms with Crippen LogP contribution >= 0.6 is 0 Å². The largest absolute Gasteiger partial charge is 0.504 e. The molecule has 2 N–H and O–H groups in total. The number of imidazole rings is 1. The van der Waals surface area contributed by atoms with Crippen LogP contribution in [0.5, 0.6) is 11.5 Å². The molecule has 0 aliphatic rings. The minimum absolute atomic E-state index is 0.0965. The van der Waals surface area contributed by atoms with Crippen LogP contribution in [0.2, 0.25) is 0 Å². The Balaban J connectivity index is 2.45. The van der Waals surface area contributed by atoms with Crippen molar-refractivity contribution in [3.8, 4) is 11.5 Å². The van der Waals surface area contributed by atoms with Gasteiger partial charge in [0, 0.05) is 18.7 Å². The molecule has 0 radical (unpaired) electrons. The lowest BCUT2D eigenvalue weighted by atomic mass is 10.2. The second kappa shape index (κ2) is 3.81. The van der Waals surface area contributed by atoms with E-state index in [9.17, 15) is 10.2 Å². The molecule has 15 heavy (non-hydrogen) atoms. The summed E-state index contributed by atoms with van der Waals surface area (Å²) >= 11 is 0. The summed E-state index contributed by atoms with van der Waals surface area (Å²) in [6.45, 7) is 3.01. The van der Waals surface area contributed by atoms with Crippen molar-refractivity contribution < 1.29 is 10.2 Å². The van der Waals surface area contributed by atoms with E-state index >= 15 is 0 Å². The van der Waals surface area contributed by atoms with Crippen LogP contribution < -0.4 is 0 Å². The van der Waals surface area contributed by atoms with Gasteiger partial charge in [0.1, 0.15) is 0 Å². The van der Waals surface area contributed by atoms with Gasteiger partial charge in [0.25, 0.3) is 0 Å².